The zero-order valence-electron chi connectivity index (χ0n) is 13.8. The molecule has 2 heterocycles. The molecule has 5 nitrogen and oxygen atoms in total. The Balaban J connectivity index is 1.51. The Morgan fingerprint density at radius 3 is 2.83 bits per heavy atom. The van der Waals surface area contributed by atoms with E-state index in [-0.39, 0.29) is 18.2 Å². The van der Waals surface area contributed by atoms with E-state index >= 15 is 0 Å². The zero-order chi connectivity index (χ0) is 16.1. The highest BCUT2D eigenvalue weighted by molar-refractivity contribution is 5.91. The van der Waals surface area contributed by atoms with Crippen LogP contribution in [-0.4, -0.2) is 49.4 Å². The van der Waals surface area contributed by atoms with Crippen LogP contribution in [-0.2, 0) is 14.3 Å². The van der Waals surface area contributed by atoms with E-state index < -0.39 is 0 Å². The maximum atomic E-state index is 12.2. The molecular formula is C18H26N2O3. The van der Waals surface area contributed by atoms with Gasteiger partial charge in [0.05, 0.1) is 19.3 Å². The van der Waals surface area contributed by atoms with Gasteiger partial charge in [-0.1, -0.05) is 24.6 Å². The van der Waals surface area contributed by atoms with Gasteiger partial charge in [-0.2, -0.15) is 0 Å². The molecule has 2 fully saturated rings. The third-order valence-corrected chi connectivity index (χ3v) is 4.67. The zero-order valence-corrected chi connectivity index (χ0v) is 13.8. The summed E-state index contributed by atoms with van der Waals surface area (Å²) in [5.74, 6) is 0.0666. The Hall–Kier alpha value is -1.43. The van der Waals surface area contributed by atoms with Crippen LogP contribution in [0, 0.1) is 6.92 Å². The predicted octanol–water partition coefficient (Wildman–Crippen LogP) is 2.55. The summed E-state index contributed by atoms with van der Waals surface area (Å²) in [5.41, 5.74) is 1.99. The number of likely N-dealkylation sites (tertiary alicyclic amines) is 1. The third-order valence-electron chi connectivity index (χ3n) is 4.67. The van der Waals surface area contributed by atoms with Crippen molar-refractivity contribution in [1.82, 2.24) is 4.90 Å². The van der Waals surface area contributed by atoms with Gasteiger partial charge < -0.3 is 14.8 Å². The van der Waals surface area contributed by atoms with Crippen LogP contribution in [0.25, 0.3) is 0 Å². The van der Waals surface area contributed by atoms with E-state index in [1.165, 1.54) is 12.8 Å². The highest BCUT2D eigenvalue weighted by atomic mass is 16.7. The molecule has 5 heteroatoms. The molecule has 1 aromatic rings. The molecule has 2 aliphatic heterocycles. The minimum Gasteiger partial charge on any atom is -0.349 e. The molecule has 0 radical (unpaired) electrons. The Bertz CT molecular complexity index is 529. The molecule has 0 spiro atoms. The van der Waals surface area contributed by atoms with Crippen molar-refractivity contribution >= 4 is 11.6 Å². The van der Waals surface area contributed by atoms with Crippen LogP contribution in [0.15, 0.2) is 24.3 Å². The molecule has 1 atom stereocenters. The molecule has 0 aromatic heterocycles. The number of ether oxygens (including phenoxy) is 2. The standard InChI is InChI=1S/C18H26N2O3/c1-14-6-2-3-7-15(14)19-17(21)9-11-20-10-5-4-8-16(20)18-22-12-13-23-18/h2-3,6-7,16,18H,4-5,8-13H2,1H3,(H,19,21)/t16-/m0/s1. The van der Waals surface area contributed by atoms with Gasteiger partial charge in [-0.15, -0.1) is 0 Å². The lowest BCUT2D eigenvalue weighted by Crippen LogP contribution is -2.48. The first-order valence-electron chi connectivity index (χ1n) is 8.57. The van der Waals surface area contributed by atoms with Crippen LogP contribution in [0.2, 0.25) is 0 Å². The maximum Gasteiger partial charge on any atom is 0.225 e. The number of amides is 1. The summed E-state index contributed by atoms with van der Waals surface area (Å²) in [7, 11) is 0. The van der Waals surface area contributed by atoms with Crippen molar-refractivity contribution in [2.24, 2.45) is 0 Å². The summed E-state index contributed by atoms with van der Waals surface area (Å²) in [6.07, 6.45) is 3.86. The average Bonchev–Trinajstić information content (AvgIpc) is 3.10. The molecule has 0 aliphatic carbocycles. The van der Waals surface area contributed by atoms with E-state index in [9.17, 15) is 4.79 Å². The van der Waals surface area contributed by atoms with E-state index in [1.54, 1.807) is 0 Å². The molecule has 2 saturated heterocycles. The van der Waals surface area contributed by atoms with Crippen molar-refractivity contribution in [2.45, 2.75) is 44.9 Å². The number of nitrogens with zero attached hydrogens (tertiary/aromatic N) is 1. The molecule has 1 amide bonds. The van der Waals surface area contributed by atoms with E-state index in [0.717, 1.165) is 30.8 Å². The first-order valence-corrected chi connectivity index (χ1v) is 8.57. The van der Waals surface area contributed by atoms with Gasteiger partial charge in [-0.05, 0) is 37.9 Å². The largest absolute Gasteiger partial charge is 0.349 e. The number of hydrogen-bond acceptors (Lipinski definition) is 4. The number of carbonyl (C=O) groups excluding carboxylic acids is 1. The van der Waals surface area contributed by atoms with Crippen molar-refractivity contribution in [3.05, 3.63) is 29.8 Å². The Kier molecular flexibility index (Phi) is 5.65. The van der Waals surface area contributed by atoms with Gasteiger partial charge in [0.25, 0.3) is 0 Å². The monoisotopic (exact) mass is 318 g/mol. The van der Waals surface area contributed by atoms with Crippen LogP contribution < -0.4 is 5.32 Å². The lowest BCUT2D eigenvalue weighted by atomic mass is 10.0. The van der Waals surface area contributed by atoms with Gasteiger partial charge in [0.1, 0.15) is 0 Å². The summed E-state index contributed by atoms with van der Waals surface area (Å²) < 4.78 is 11.4. The lowest BCUT2D eigenvalue weighted by molar-refractivity contribution is -0.120. The van der Waals surface area contributed by atoms with Gasteiger partial charge >= 0.3 is 0 Å². The van der Waals surface area contributed by atoms with E-state index in [1.807, 2.05) is 31.2 Å². The number of aryl methyl sites for hydroxylation is 1. The minimum atomic E-state index is -0.116. The molecule has 1 aromatic carbocycles. The van der Waals surface area contributed by atoms with E-state index in [4.69, 9.17) is 9.47 Å². The fraction of sp³-hybridized carbons (Fsp3) is 0.611. The molecule has 3 rings (SSSR count). The van der Waals surface area contributed by atoms with Crippen molar-refractivity contribution in [2.75, 3.05) is 31.6 Å². The van der Waals surface area contributed by atoms with Gasteiger partial charge in [0.2, 0.25) is 5.91 Å². The topological polar surface area (TPSA) is 50.8 Å². The van der Waals surface area contributed by atoms with Gasteiger partial charge in [-0.25, -0.2) is 0 Å². The molecule has 2 aliphatic rings. The number of hydrogen-bond donors (Lipinski definition) is 1. The number of piperidine rings is 1. The third kappa shape index (κ3) is 4.31. The fourth-order valence-electron chi connectivity index (χ4n) is 3.37. The summed E-state index contributed by atoms with van der Waals surface area (Å²) >= 11 is 0. The molecule has 1 N–H and O–H groups in total. The quantitative estimate of drug-likeness (QED) is 0.906. The number of rotatable bonds is 5. The smallest absolute Gasteiger partial charge is 0.225 e. The number of para-hydroxylation sites is 1. The summed E-state index contributed by atoms with van der Waals surface area (Å²) in [6.45, 7) is 5.15. The van der Waals surface area contributed by atoms with Crippen LogP contribution >= 0.6 is 0 Å². The summed E-state index contributed by atoms with van der Waals surface area (Å²) in [5, 5.41) is 3.01. The molecule has 0 saturated carbocycles. The Morgan fingerprint density at radius 2 is 2.04 bits per heavy atom. The second-order valence-electron chi connectivity index (χ2n) is 6.32. The molecule has 126 valence electrons. The highest BCUT2D eigenvalue weighted by Crippen LogP contribution is 2.24. The first kappa shape index (κ1) is 16.4. The first-order chi connectivity index (χ1) is 11.2. The van der Waals surface area contributed by atoms with Gasteiger partial charge in [-0.3, -0.25) is 9.69 Å². The second kappa shape index (κ2) is 7.90. The van der Waals surface area contributed by atoms with Crippen LogP contribution in [0.3, 0.4) is 0 Å². The Morgan fingerprint density at radius 1 is 1.26 bits per heavy atom. The highest BCUT2D eigenvalue weighted by Gasteiger charge is 2.33. The van der Waals surface area contributed by atoms with Gasteiger partial charge in [0.15, 0.2) is 6.29 Å². The summed E-state index contributed by atoms with van der Waals surface area (Å²) in [4.78, 5) is 14.6. The number of carbonyl (C=O) groups is 1. The van der Waals surface area contributed by atoms with Crippen molar-refractivity contribution in [3.63, 3.8) is 0 Å². The van der Waals surface area contributed by atoms with Crippen LogP contribution in [0.4, 0.5) is 5.69 Å². The van der Waals surface area contributed by atoms with Crippen molar-refractivity contribution < 1.29 is 14.3 Å². The number of anilines is 1. The average molecular weight is 318 g/mol. The van der Waals surface area contributed by atoms with Gasteiger partial charge in [0, 0.05) is 18.7 Å². The van der Waals surface area contributed by atoms with Crippen molar-refractivity contribution in [1.29, 1.82) is 0 Å². The molecule has 0 bridgehead atoms. The van der Waals surface area contributed by atoms with Crippen LogP contribution in [0.1, 0.15) is 31.2 Å². The number of benzene rings is 1. The SMILES string of the molecule is Cc1ccccc1NC(=O)CCN1CCCC[C@H]1C1OCCO1. The predicted molar refractivity (Wildman–Crippen MR) is 89.3 cm³/mol. The number of nitrogens with one attached hydrogen (secondary N) is 1. The fourth-order valence-corrected chi connectivity index (χ4v) is 3.37. The lowest BCUT2D eigenvalue weighted by Gasteiger charge is -2.37. The second-order valence-corrected chi connectivity index (χ2v) is 6.32. The van der Waals surface area contributed by atoms with Crippen LogP contribution in [0.5, 0.6) is 0 Å². The Labute approximate surface area is 137 Å². The normalized spacial score (nSPS) is 23.1. The molecule has 0 unspecified atom stereocenters. The van der Waals surface area contributed by atoms with E-state index in [2.05, 4.69) is 10.2 Å². The minimum absolute atomic E-state index is 0.0666. The maximum absolute atomic E-state index is 12.2. The summed E-state index contributed by atoms with van der Waals surface area (Å²) in [6, 6.07) is 8.16. The van der Waals surface area contributed by atoms with Crippen molar-refractivity contribution in [3.8, 4) is 0 Å². The molecular weight excluding hydrogens is 292 g/mol. The molecule has 23 heavy (non-hydrogen) atoms. The van der Waals surface area contributed by atoms with E-state index in [0.29, 0.717) is 19.6 Å².